The van der Waals surface area contributed by atoms with Gasteiger partial charge in [0.1, 0.15) is 6.54 Å². The molecule has 1 amide bonds. The highest BCUT2D eigenvalue weighted by Gasteiger charge is 2.27. The Morgan fingerprint density at radius 3 is 2.33 bits per heavy atom. The van der Waals surface area contributed by atoms with Gasteiger partial charge in [0.15, 0.2) is 5.69 Å². The predicted octanol–water partition coefficient (Wildman–Crippen LogP) is 0.474. The monoisotopic (exact) mass is 363 g/mol. The number of piperazine rings is 1. The van der Waals surface area contributed by atoms with Crippen LogP contribution < -0.4 is 10.5 Å². The molecule has 1 aromatic heterocycles. The van der Waals surface area contributed by atoms with Crippen LogP contribution in [0.1, 0.15) is 16.1 Å². The zero-order valence-electron chi connectivity index (χ0n) is 15.4. The summed E-state index contributed by atoms with van der Waals surface area (Å²) in [4.78, 5) is 28.7. The summed E-state index contributed by atoms with van der Waals surface area (Å²) in [6, 6.07) is 17.6. The van der Waals surface area contributed by atoms with Crippen LogP contribution in [0.2, 0.25) is 0 Å². The second kappa shape index (κ2) is 7.32. The van der Waals surface area contributed by atoms with Gasteiger partial charge in [-0.15, -0.1) is 0 Å². The lowest BCUT2D eigenvalue weighted by molar-refractivity contribution is -0.917. The number of amides is 1. The lowest BCUT2D eigenvalue weighted by Crippen LogP contribution is -3.13. The third-order valence-corrected chi connectivity index (χ3v) is 5.21. The molecule has 138 valence electrons. The highest BCUT2D eigenvalue weighted by Crippen LogP contribution is 2.15. The smallest absolute Gasteiger partial charge is 0.275 e. The van der Waals surface area contributed by atoms with E-state index in [0.717, 1.165) is 19.6 Å². The van der Waals surface area contributed by atoms with Gasteiger partial charge in [0.25, 0.3) is 11.5 Å². The number of carbonyl (C=O) groups is 1. The Labute approximate surface area is 157 Å². The van der Waals surface area contributed by atoms with Gasteiger partial charge in [-0.2, -0.15) is 5.10 Å². The third-order valence-electron chi connectivity index (χ3n) is 5.21. The summed E-state index contributed by atoms with van der Waals surface area (Å²) in [5.41, 5.74) is 1.50. The SMILES string of the molecule is Cn1nc(C(=O)N2CC[NH+](Cc3ccccc3)CC2)c2ccccc2c1=O. The molecule has 0 aliphatic carbocycles. The van der Waals surface area contributed by atoms with Crippen molar-refractivity contribution in [1.29, 1.82) is 0 Å². The molecule has 1 N–H and O–H groups in total. The number of nitrogens with zero attached hydrogens (tertiary/aromatic N) is 3. The highest BCUT2D eigenvalue weighted by atomic mass is 16.2. The summed E-state index contributed by atoms with van der Waals surface area (Å²) in [7, 11) is 1.59. The Balaban J connectivity index is 1.51. The molecular weight excluding hydrogens is 340 g/mol. The van der Waals surface area contributed by atoms with Gasteiger partial charge < -0.3 is 9.80 Å². The maximum absolute atomic E-state index is 13.1. The molecule has 0 atom stereocenters. The van der Waals surface area contributed by atoms with Crippen molar-refractivity contribution in [3.8, 4) is 0 Å². The van der Waals surface area contributed by atoms with Crippen LogP contribution in [-0.2, 0) is 13.6 Å². The van der Waals surface area contributed by atoms with E-state index in [1.165, 1.54) is 15.1 Å². The number of aryl methyl sites for hydroxylation is 1. The van der Waals surface area contributed by atoms with E-state index in [4.69, 9.17) is 0 Å². The summed E-state index contributed by atoms with van der Waals surface area (Å²) >= 11 is 0. The first-order valence-electron chi connectivity index (χ1n) is 9.26. The summed E-state index contributed by atoms with van der Waals surface area (Å²) in [5.74, 6) is -0.0967. The summed E-state index contributed by atoms with van der Waals surface area (Å²) in [5, 5.41) is 5.43. The molecule has 2 aromatic carbocycles. The van der Waals surface area contributed by atoms with E-state index in [1.54, 1.807) is 19.2 Å². The standard InChI is InChI=1S/C21H22N4O2/c1-23-20(26)18-10-6-5-9-17(18)19(22-23)21(27)25-13-11-24(12-14-25)15-16-7-3-2-4-8-16/h2-10H,11-15H2,1H3/p+1. The topological polar surface area (TPSA) is 59.6 Å². The van der Waals surface area contributed by atoms with Gasteiger partial charge in [-0.05, 0) is 6.07 Å². The van der Waals surface area contributed by atoms with Gasteiger partial charge in [-0.25, -0.2) is 4.68 Å². The molecule has 6 nitrogen and oxygen atoms in total. The Kier molecular flexibility index (Phi) is 4.73. The van der Waals surface area contributed by atoms with E-state index in [9.17, 15) is 9.59 Å². The molecule has 1 aliphatic rings. The van der Waals surface area contributed by atoms with Crippen molar-refractivity contribution in [2.75, 3.05) is 26.2 Å². The van der Waals surface area contributed by atoms with Gasteiger partial charge >= 0.3 is 0 Å². The Bertz CT molecular complexity index is 1020. The number of hydrogen-bond donors (Lipinski definition) is 1. The Hall–Kier alpha value is -2.99. The molecule has 4 rings (SSSR count). The summed E-state index contributed by atoms with van der Waals surface area (Å²) in [6.07, 6.45) is 0. The van der Waals surface area contributed by atoms with Crippen LogP contribution in [0.25, 0.3) is 10.8 Å². The molecule has 6 heteroatoms. The molecule has 0 spiro atoms. The molecule has 3 aromatic rings. The zero-order valence-corrected chi connectivity index (χ0v) is 15.4. The fourth-order valence-electron chi connectivity index (χ4n) is 3.69. The Morgan fingerprint density at radius 2 is 1.63 bits per heavy atom. The third kappa shape index (κ3) is 3.48. The van der Waals surface area contributed by atoms with Gasteiger partial charge in [0, 0.05) is 18.0 Å². The second-order valence-electron chi connectivity index (χ2n) is 7.03. The molecule has 1 fully saturated rings. The van der Waals surface area contributed by atoms with Crippen LogP contribution >= 0.6 is 0 Å². The van der Waals surface area contributed by atoms with E-state index in [0.29, 0.717) is 29.6 Å². The number of quaternary nitrogens is 1. The van der Waals surface area contributed by atoms with Crippen molar-refractivity contribution in [1.82, 2.24) is 14.7 Å². The van der Waals surface area contributed by atoms with Crippen molar-refractivity contribution in [2.24, 2.45) is 7.05 Å². The van der Waals surface area contributed by atoms with Crippen LogP contribution in [0.3, 0.4) is 0 Å². The number of aromatic nitrogens is 2. The average Bonchev–Trinajstić information content (AvgIpc) is 2.71. The van der Waals surface area contributed by atoms with Gasteiger partial charge in [-0.1, -0.05) is 48.5 Å². The van der Waals surface area contributed by atoms with Crippen LogP contribution in [0.15, 0.2) is 59.4 Å². The van der Waals surface area contributed by atoms with E-state index in [1.807, 2.05) is 23.1 Å². The van der Waals surface area contributed by atoms with Crippen molar-refractivity contribution in [3.63, 3.8) is 0 Å². The van der Waals surface area contributed by atoms with Crippen molar-refractivity contribution in [2.45, 2.75) is 6.54 Å². The van der Waals surface area contributed by atoms with Crippen LogP contribution in [0.4, 0.5) is 0 Å². The fourth-order valence-corrected chi connectivity index (χ4v) is 3.69. The minimum absolute atomic E-state index is 0.0967. The van der Waals surface area contributed by atoms with E-state index in [-0.39, 0.29) is 11.5 Å². The maximum Gasteiger partial charge on any atom is 0.275 e. The first-order valence-corrected chi connectivity index (χ1v) is 9.26. The van der Waals surface area contributed by atoms with E-state index in [2.05, 4.69) is 29.4 Å². The average molecular weight is 363 g/mol. The second-order valence-corrected chi connectivity index (χ2v) is 7.03. The lowest BCUT2D eigenvalue weighted by Gasteiger charge is -2.32. The molecule has 0 unspecified atom stereocenters. The number of nitrogens with one attached hydrogen (secondary N) is 1. The fraction of sp³-hybridized carbons (Fsp3) is 0.286. The molecule has 2 heterocycles. The predicted molar refractivity (Wildman–Crippen MR) is 104 cm³/mol. The van der Waals surface area contributed by atoms with Crippen molar-refractivity contribution in [3.05, 3.63) is 76.2 Å². The van der Waals surface area contributed by atoms with Crippen LogP contribution in [0, 0.1) is 0 Å². The molecule has 1 saturated heterocycles. The largest absolute Gasteiger partial charge is 0.328 e. The first-order chi connectivity index (χ1) is 13.1. The van der Waals surface area contributed by atoms with E-state index < -0.39 is 0 Å². The molecule has 0 bridgehead atoms. The lowest BCUT2D eigenvalue weighted by atomic mass is 10.1. The van der Waals surface area contributed by atoms with E-state index >= 15 is 0 Å². The van der Waals surface area contributed by atoms with Crippen LogP contribution in [0.5, 0.6) is 0 Å². The van der Waals surface area contributed by atoms with Crippen LogP contribution in [-0.4, -0.2) is 46.8 Å². The van der Waals surface area contributed by atoms with Gasteiger partial charge in [0.2, 0.25) is 0 Å². The Morgan fingerprint density at radius 1 is 1.00 bits per heavy atom. The molecule has 27 heavy (non-hydrogen) atoms. The minimum atomic E-state index is -0.181. The normalized spacial score (nSPS) is 15.2. The van der Waals surface area contributed by atoms with Crippen molar-refractivity contribution >= 4 is 16.7 Å². The first kappa shape index (κ1) is 17.4. The number of benzene rings is 2. The minimum Gasteiger partial charge on any atom is -0.328 e. The molecule has 0 radical (unpaired) electrons. The summed E-state index contributed by atoms with van der Waals surface area (Å²) in [6.45, 7) is 4.18. The highest BCUT2D eigenvalue weighted by molar-refractivity contribution is 6.04. The molecular formula is C21H23N4O2+. The number of rotatable bonds is 3. The van der Waals surface area contributed by atoms with Gasteiger partial charge in [0.05, 0.1) is 31.6 Å². The quantitative estimate of drug-likeness (QED) is 0.736. The molecule has 1 aliphatic heterocycles. The number of carbonyl (C=O) groups excluding carboxylic acids is 1. The number of hydrogen-bond acceptors (Lipinski definition) is 3. The number of fused-ring (bicyclic) bond motifs is 1. The summed E-state index contributed by atoms with van der Waals surface area (Å²) < 4.78 is 1.26. The maximum atomic E-state index is 13.1. The molecule has 0 saturated carbocycles. The zero-order chi connectivity index (χ0) is 18.8. The van der Waals surface area contributed by atoms with Gasteiger partial charge in [-0.3, -0.25) is 9.59 Å². The van der Waals surface area contributed by atoms with Crippen molar-refractivity contribution < 1.29 is 9.69 Å².